The third-order valence-corrected chi connectivity index (χ3v) is 3.81. The van der Waals surface area contributed by atoms with E-state index >= 15 is 0 Å². The van der Waals surface area contributed by atoms with Crippen molar-refractivity contribution in [3.8, 4) is 0 Å². The van der Waals surface area contributed by atoms with Crippen molar-refractivity contribution >= 4 is 0 Å². The molecular weight excluding hydrogens is 202 g/mol. The molecule has 2 fully saturated rings. The maximum Gasteiger partial charge on any atom is 0.198 e. The molecule has 2 unspecified atom stereocenters. The molecule has 0 aromatic carbocycles. The summed E-state index contributed by atoms with van der Waals surface area (Å²) in [5, 5.41) is 3.35. The molecule has 0 spiro atoms. The van der Waals surface area contributed by atoms with Crippen LogP contribution in [0.15, 0.2) is 10.7 Å². The minimum Gasteiger partial charge on any atom is -0.448 e. The molecule has 88 valence electrons. The van der Waals surface area contributed by atoms with Crippen LogP contribution in [0.25, 0.3) is 0 Å². The number of hydrogen-bond acceptors (Lipinski definition) is 4. The van der Waals surface area contributed by atoms with E-state index in [4.69, 9.17) is 4.42 Å². The Bertz CT molecular complexity index is 357. The van der Waals surface area contributed by atoms with Gasteiger partial charge in [0, 0.05) is 12.5 Å². The molecule has 3 heterocycles. The largest absolute Gasteiger partial charge is 0.448 e. The third-order valence-electron chi connectivity index (χ3n) is 3.81. The van der Waals surface area contributed by atoms with Gasteiger partial charge in [-0.1, -0.05) is 0 Å². The highest BCUT2D eigenvalue weighted by Gasteiger charge is 2.27. The Morgan fingerprint density at radius 1 is 1.50 bits per heavy atom. The Morgan fingerprint density at radius 3 is 3.12 bits per heavy atom. The van der Waals surface area contributed by atoms with Gasteiger partial charge >= 0.3 is 0 Å². The summed E-state index contributed by atoms with van der Waals surface area (Å²) in [5.41, 5.74) is 1.13. The Labute approximate surface area is 96.0 Å². The summed E-state index contributed by atoms with van der Waals surface area (Å²) in [6.07, 6.45) is 5.50. The van der Waals surface area contributed by atoms with Gasteiger partial charge in [0.15, 0.2) is 5.89 Å². The van der Waals surface area contributed by atoms with Gasteiger partial charge in [0.1, 0.15) is 6.26 Å². The highest BCUT2D eigenvalue weighted by Crippen LogP contribution is 2.31. The van der Waals surface area contributed by atoms with Crippen molar-refractivity contribution in [1.82, 2.24) is 15.2 Å². The summed E-state index contributed by atoms with van der Waals surface area (Å²) >= 11 is 0. The van der Waals surface area contributed by atoms with E-state index in [1.165, 1.54) is 19.4 Å². The number of hydrogen-bond donors (Lipinski definition) is 1. The summed E-state index contributed by atoms with van der Waals surface area (Å²) in [4.78, 5) is 7.05. The van der Waals surface area contributed by atoms with E-state index in [2.05, 4.69) is 22.2 Å². The van der Waals surface area contributed by atoms with Crippen LogP contribution in [0.5, 0.6) is 0 Å². The van der Waals surface area contributed by atoms with Crippen molar-refractivity contribution < 1.29 is 4.42 Å². The molecule has 1 aromatic heterocycles. The SMILES string of the molecule is CN1CCCC1c1coc(C2CCNC2)n1. The van der Waals surface area contributed by atoms with Gasteiger partial charge in [-0.05, 0) is 39.4 Å². The first-order chi connectivity index (χ1) is 7.84. The predicted octanol–water partition coefficient (Wildman–Crippen LogP) is 1.52. The second-order valence-corrected chi connectivity index (χ2v) is 4.94. The van der Waals surface area contributed by atoms with E-state index in [9.17, 15) is 0 Å². The average molecular weight is 221 g/mol. The van der Waals surface area contributed by atoms with Crippen LogP contribution in [0.2, 0.25) is 0 Å². The minimum atomic E-state index is 0.479. The molecular formula is C12H19N3O. The Morgan fingerprint density at radius 2 is 2.44 bits per heavy atom. The lowest BCUT2D eigenvalue weighted by Gasteiger charge is -2.16. The maximum atomic E-state index is 5.63. The molecule has 1 aromatic rings. The summed E-state index contributed by atoms with van der Waals surface area (Å²) < 4.78 is 5.63. The Kier molecular flexibility index (Phi) is 2.69. The van der Waals surface area contributed by atoms with Gasteiger partial charge in [0.25, 0.3) is 0 Å². The zero-order valence-electron chi connectivity index (χ0n) is 9.78. The predicted molar refractivity (Wildman–Crippen MR) is 61.3 cm³/mol. The van der Waals surface area contributed by atoms with Gasteiger partial charge < -0.3 is 9.73 Å². The molecule has 1 N–H and O–H groups in total. The van der Waals surface area contributed by atoms with Crippen molar-refractivity contribution in [3.05, 3.63) is 17.8 Å². The second kappa shape index (κ2) is 4.18. The van der Waals surface area contributed by atoms with Gasteiger partial charge in [-0.25, -0.2) is 4.98 Å². The topological polar surface area (TPSA) is 41.3 Å². The van der Waals surface area contributed by atoms with E-state index < -0.39 is 0 Å². The number of rotatable bonds is 2. The molecule has 16 heavy (non-hydrogen) atoms. The fourth-order valence-corrected chi connectivity index (χ4v) is 2.79. The lowest BCUT2D eigenvalue weighted by Crippen LogP contribution is -2.17. The van der Waals surface area contributed by atoms with Crippen LogP contribution in [-0.4, -0.2) is 36.6 Å². The fraction of sp³-hybridized carbons (Fsp3) is 0.750. The molecule has 0 radical (unpaired) electrons. The van der Waals surface area contributed by atoms with E-state index in [1.54, 1.807) is 0 Å². The van der Waals surface area contributed by atoms with Crippen LogP contribution in [0.3, 0.4) is 0 Å². The van der Waals surface area contributed by atoms with Crippen LogP contribution < -0.4 is 5.32 Å². The molecule has 4 nitrogen and oxygen atoms in total. The molecule has 2 atom stereocenters. The Balaban J connectivity index is 1.76. The number of nitrogens with one attached hydrogen (secondary N) is 1. The van der Waals surface area contributed by atoms with E-state index in [-0.39, 0.29) is 0 Å². The zero-order chi connectivity index (χ0) is 11.0. The molecule has 3 rings (SSSR count). The quantitative estimate of drug-likeness (QED) is 0.822. The standard InChI is InChI=1S/C12H19N3O/c1-15-6-2-3-11(15)10-8-16-12(14-10)9-4-5-13-7-9/h8-9,11,13H,2-7H2,1H3. The number of aromatic nitrogens is 1. The van der Waals surface area contributed by atoms with Gasteiger partial charge in [-0.3, -0.25) is 4.90 Å². The molecule has 0 saturated carbocycles. The zero-order valence-corrected chi connectivity index (χ0v) is 9.78. The second-order valence-electron chi connectivity index (χ2n) is 4.94. The molecule has 0 amide bonds. The minimum absolute atomic E-state index is 0.479. The molecule has 2 aliphatic rings. The summed E-state index contributed by atoms with van der Waals surface area (Å²) in [6, 6.07) is 0.479. The first-order valence-electron chi connectivity index (χ1n) is 6.21. The highest BCUT2D eigenvalue weighted by atomic mass is 16.3. The number of nitrogens with zero attached hydrogens (tertiary/aromatic N) is 2. The molecule has 2 aliphatic heterocycles. The van der Waals surface area contributed by atoms with Crippen LogP contribution >= 0.6 is 0 Å². The van der Waals surface area contributed by atoms with Crippen molar-refractivity contribution in [2.24, 2.45) is 0 Å². The fourth-order valence-electron chi connectivity index (χ4n) is 2.79. The molecule has 4 heteroatoms. The van der Waals surface area contributed by atoms with Gasteiger partial charge in [0.05, 0.1) is 11.7 Å². The van der Waals surface area contributed by atoms with Gasteiger partial charge in [-0.2, -0.15) is 0 Å². The van der Waals surface area contributed by atoms with Crippen molar-refractivity contribution in [3.63, 3.8) is 0 Å². The summed E-state index contributed by atoms with van der Waals surface area (Å²) in [5.74, 6) is 1.42. The van der Waals surface area contributed by atoms with Crippen molar-refractivity contribution in [2.75, 3.05) is 26.7 Å². The Hall–Kier alpha value is -0.870. The van der Waals surface area contributed by atoms with E-state index in [1.807, 2.05) is 6.26 Å². The first-order valence-corrected chi connectivity index (χ1v) is 6.21. The molecule has 0 aliphatic carbocycles. The molecule has 0 bridgehead atoms. The van der Waals surface area contributed by atoms with Gasteiger partial charge in [0.2, 0.25) is 0 Å². The monoisotopic (exact) mass is 221 g/mol. The average Bonchev–Trinajstić information content (AvgIpc) is 2.96. The smallest absolute Gasteiger partial charge is 0.198 e. The van der Waals surface area contributed by atoms with Crippen LogP contribution in [0.1, 0.15) is 42.8 Å². The highest BCUT2D eigenvalue weighted by molar-refractivity contribution is 5.08. The lowest BCUT2D eigenvalue weighted by molar-refractivity contribution is 0.311. The van der Waals surface area contributed by atoms with Gasteiger partial charge in [-0.15, -0.1) is 0 Å². The van der Waals surface area contributed by atoms with Crippen LogP contribution in [-0.2, 0) is 0 Å². The third kappa shape index (κ3) is 1.76. The summed E-state index contributed by atoms with van der Waals surface area (Å²) in [7, 11) is 2.17. The maximum absolute atomic E-state index is 5.63. The van der Waals surface area contributed by atoms with Crippen molar-refractivity contribution in [1.29, 1.82) is 0 Å². The van der Waals surface area contributed by atoms with E-state index in [0.717, 1.165) is 31.1 Å². The van der Waals surface area contributed by atoms with Crippen molar-refractivity contribution in [2.45, 2.75) is 31.2 Å². The number of oxazole rings is 1. The number of likely N-dealkylation sites (tertiary alicyclic amines) is 1. The summed E-state index contributed by atoms with van der Waals surface area (Å²) in [6.45, 7) is 3.28. The normalized spacial score (nSPS) is 31.3. The first kappa shape index (κ1) is 10.3. The lowest BCUT2D eigenvalue weighted by atomic mass is 10.1. The van der Waals surface area contributed by atoms with Crippen LogP contribution in [0, 0.1) is 0 Å². The van der Waals surface area contributed by atoms with E-state index in [0.29, 0.717) is 12.0 Å². The van der Waals surface area contributed by atoms with Crippen LogP contribution in [0.4, 0.5) is 0 Å². The molecule has 2 saturated heterocycles.